The van der Waals surface area contributed by atoms with Crippen molar-refractivity contribution in [2.45, 2.75) is 20.0 Å². The van der Waals surface area contributed by atoms with E-state index in [2.05, 4.69) is 4.99 Å². The first-order chi connectivity index (χ1) is 13.8. The van der Waals surface area contributed by atoms with Crippen LogP contribution in [0.15, 0.2) is 47.1 Å². The Morgan fingerprint density at radius 2 is 1.97 bits per heavy atom. The van der Waals surface area contributed by atoms with Crippen molar-refractivity contribution in [3.8, 4) is 11.5 Å². The molecular weight excluding hydrogens is 400 g/mol. The van der Waals surface area contributed by atoms with Gasteiger partial charge in [-0.15, -0.1) is 0 Å². The van der Waals surface area contributed by atoms with Crippen molar-refractivity contribution < 1.29 is 23.9 Å². The molecule has 0 bridgehead atoms. The van der Waals surface area contributed by atoms with E-state index in [1.165, 1.54) is 31.4 Å². The van der Waals surface area contributed by atoms with E-state index >= 15 is 0 Å². The maximum absolute atomic E-state index is 12.2. The van der Waals surface area contributed by atoms with Gasteiger partial charge in [-0.1, -0.05) is 17.7 Å². The van der Waals surface area contributed by atoms with E-state index in [9.17, 15) is 14.9 Å². The van der Waals surface area contributed by atoms with Crippen LogP contribution in [-0.2, 0) is 9.53 Å². The molecule has 0 fully saturated rings. The summed E-state index contributed by atoms with van der Waals surface area (Å²) in [5, 5.41) is 11.0. The third-order valence-electron chi connectivity index (χ3n) is 3.86. The number of aliphatic imine (C=N–C) groups is 1. The SMILES string of the molecule is COc1cc(/C=C2\N=C(c3ccc(Cl)c([N+](=O)[O-])c3)OC2=O)ccc1OC(C)C. The maximum Gasteiger partial charge on any atom is 0.363 e. The highest BCUT2D eigenvalue weighted by Gasteiger charge is 2.26. The highest BCUT2D eigenvalue weighted by atomic mass is 35.5. The molecule has 0 radical (unpaired) electrons. The van der Waals surface area contributed by atoms with Crippen molar-refractivity contribution in [3.05, 3.63) is 68.4 Å². The van der Waals surface area contributed by atoms with Gasteiger partial charge in [-0.3, -0.25) is 10.1 Å². The molecule has 2 aromatic rings. The molecule has 1 heterocycles. The fourth-order valence-corrected chi connectivity index (χ4v) is 2.79. The number of nitro benzene ring substituents is 1. The molecule has 0 saturated carbocycles. The van der Waals surface area contributed by atoms with Gasteiger partial charge in [-0.05, 0) is 49.8 Å². The summed E-state index contributed by atoms with van der Waals surface area (Å²) in [6, 6.07) is 9.24. The van der Waals surface area contributed by atoms with Crippen molar-refractivity contribution in [1.29, 1.82) is 0 Å². The Morgan fingerprint density at radius 3 is 2.62 bits per heavy atom. The lowest BCUT2D eigenvalue weighted by molar-refractivity contribution is -0.384. The number of halogens is 1. The molecule has 0 spiro atoms. The van der Waals surface area contributed by atoms with E-state index in [4.69, 9.17) is 25.8 Å². The Labute approximate surface area is 171 Å². The van der Waals surface area contributed by atoms with Crippen LogP contribution in [0, 0.1) is 10.1 Å². The molecule has 3 rings (SSSR count). The summed E-state index contributed by atoms with van der Waals surface area (Å²) in [6.45, 7) is 3.81. The van der Waals surface area contributed by atoms with E-state index in [0.717, 1.165) is 0 Å². The van der Waals surface area contributed by atoms with Crippen LogP contribution >= 0.6 is 11.6 Å². The summed E-state index contributed by atoms with van der Waals surface area (Å²) in [5.41, 5.74) is 0.677. The quantitative estimate of drug-likeness (QED) is 0.299. The zero-order chi connectivity index (χ0) is 21.1. The number of cyclic esters (lactones) is 1. The first kappa shape index (κ1) is 20.3. The number of methoxy groups -OCH3 is 1. The van der Waals surface area contributed by atoms with Gasteiger partial charge in [0.25, 0.3) is 5.69 Å². The molecule has 9 heteroatoms. The average molecular weight is 417 g/mol. The van der Waals surface area contributed by atoms with Gasteiger partial charge >= 0.3 is 5.97 Å². The minimum Gasteiger partial charge on any atom is -0.493 e. The lowest BCUT2D eigenvalue weighted by Gasteiger charge is -2.13. The summed E-state index contributed by atoms with van der Waals surface area (Å²) in [5.74, 6) is 0.389. The summed E-state index contributed by atoms with van der Waals surface area (Å²) in [6.07, 6.45) is 1.51. The number of nitrogens with zero attached hydrogens (tertiary/aromatic N) is 2. The molecular formula is C20H17ClN2O6. The van der Waals surface area contributed by atoms with Crippen LogP contribution in [0.3, 0.4) is 0 Å². The van der Waals surface area contributed by atoms with Gasteiger partial charge in [-0.2, -0.15) is 0 Å². The van der Waals surface area contributed by atoms with Crippen LogP contribution in [0.4, 0.5) is 5.69 Å². The molecule has 2 aromatic carbocycles. The summed E-state index contributed by atoms with van der Waals surface area (Å²) in [4.78, 5) is 26.8. The first-order valence-electron chi connectivity index (χ1n) is 8.60. The van der Waals surface area contributed by atoms with E-state index in [1.807, 2.05) is 13.8 Å². The van der Waals surface area contributed by atoms with Crippen molar-refractivity contribution in [2.75, 3.05) is 7.11 Å². The number of benzene rings is 2. The molecule has 29 heavy (non-hydrogen) atoms. The van der Waals surface area contributed by atoms with Gasteiger partial charge in [0.1, 0.15) is 5.02 Å². The second-order valence-corrected chi connectivity index (χ2v) is 6.74. The van der Waals surface area contributed by atoms with Gasteiger partial charge < -0.3 is 14.2 Å². The number of esters is 1. The van der Waals surface area contributed by atoms with Crippen molar-refractivity contribution in [2.24, 2.45) is 4.99 Å². The summed E-state index contributed by atoms with van der Waals surface area (Å²) in [7, 11) is 1.52. The number of rotatable bonds is 6. The Kier molecular flexibility index (Phi) is 5.84. The van der Waals surface area contributed by atoms with E-state index in [-0.39, 0.29) is 34.0 Å². The van der Waals surface area contributed by atoms with Crippen LogP contribution in [0.5, 0.6) is 11.5 Å². The van der Waals surface area contributed by atoms with E-state index in [1.54, 1.807) is 18.2 Å². The Balaban J connectivity index is 1.93. The number of hydrogen-bond acceptors (Lipinski definition) is 7. The number of hydrogen-bond donors (Lipinski definition) is 0. The van der Waals surface area contributed by atoms with Gasteiger partial charge in [0.15, 0.2) is 17.2 Å². The van der Waals surface area contributed by atoms with Crippen molar-refractivity contribution in [1.82, 2.24) is 0 Å². The Hall–Kier alpha value is -3.39. The zero-order valence-electron chi connectivity index (χ0n) is 15.8. The average Bonchev–Trinajstić information content (AvgIpc) is 3.03. The van der Waals surface area contributed by atoms with Crippen LogP contribution in [0.25, 0.3) is 6.08 Å². The molecule has 150 valence electrons. The maximum atomic E-state index is 12.2. The molecule has 0 atom stereocenters. The van der Waals surface area contributed by atoms with Crippen LogP contribution in [0.1, 0.15) is 25.0 Å². The van der Waals surface area contributed by atoms with Gasteiger partial charge in [0, 0.05) is 11.6 Å². The molecule has 1 aliphatic rings. The molecule has 8 nitrogen and oxygen atoms in total. The largest absolute Gasteiger partial charge is 0.493 e. The van der Waals surface area contributed by atoms with Crippen LogP contribution in [0.2, 0.25) is 5.02 Å². The van der Waals surface area contributed by atoms with Crippen molar-refractivity contribution >= 4 is 35.2 Å². The summed E-state index contributed by atoms with van der Waals surface area (Å²) >= 11 is 5.81. The number of ether oxygens (including phenoxy) is 3. The van der Waals surface area contributed by atoms with Gasteiger partial charge in [0.05, 0.1) is 18.1 Å². The lowest BCUT2D eigenvalue weighted by Crippen LogP contribution is -2.06. The monoisotopic (exact) mass is 416 g/mol. The molecule has 0 saturated heterocycles. The summed E-state index contributed by atoms with van der Waals surface area (Å²) < 4.78 is 16.2. The Morgan fingerprint density at radius 1 is 1.21 bits per heavy atom. The van der Waals surface area contributed by atoms with E-state index < -0.39 is 10.9 Å². The third-order valence-corrected chi connectivity index (χ3v) is 4.18. The van der Waals surface area contributed by atoms with E-state index in [0.29, 0.717) is 17.1 Å². The molecule has 0 aromatic heterocycles. The second-order valence-electron chi connectivity index (χ2n) is 6.34. The fraction of sp³-hybridized carbons (Fsp3) is 0.200. The highest BCUT2D eigenvalue weighted by Crippen LogP contribution is 2.31. The molecule has 0 aliphatic carbocycles. The third kappa shape index (κ3) is 4.55. The lowest BCUT2D eigenvalue weighted by atomic mass is 10.1. The Bertz CT molecular complexity index is 1050. The zero-order valence-corrected chi connectivity index (χ0v) is 16.6. The second kappa shape index (κ2) is 8.32. The van der Waals surface area contributed by atoms with Gasteiger partial charge in [0.2, 0.25) is 5.90 Å². The fourth-order valence-electron chi connectivity index (χ4n) is 2.60. The van der Waals surface area contributed by atoms with Crippen LogP contribution in [-0.4, -0.2) is 30.0 Å². The highest BCUT2D eigenvalue weighted by molar-refractivity contribution is 6.32. The van der Waals surface area contributed by atoms with Crippen molar-refractivity contribution in [3.63, 3.8) is 0 Å². The minimum atomic E-state index is -0.668. The molecule has 0 N–H and O–H groups in total. The predicted molar refractivity (Wildman–Crippen MR) is 107 cm³/mol. The normalized spacial score (nSPS) is 14.7. The molecule has 0 amide bonds. The minimum absolute atomic E-state index is 0.0183. The smallest absolute Gasteiger partial charge is 0.363 e. The van der Waals surface area contributed by atoms with Crippen LogP contribution < -0.4 is 9.47 Å². The topological polar surface area (TPSA) is 100 Å². The standard InChI is InChI=1S/C20H17ClN2O6/c1-11(2)28-17-7-4-12(9-18(17)27-3)8-15-20(24)29-19(22-15)13-5-6-14(21)16(10-13)23(25)26/h4-11H,1-3H3/b15-8-. The first-order valence-corrected chi connectivity index (χ1v) is 8.98. The number of carbonyl (C=O) groups excluding carboxylic acids is 1. The molecule has 0 unspecified atom stereocenters. The number of carbonyl (C=O) groups is 1. The van der Waals surface area contributed by atoms with Gasteiger partial charge in [-0.25, -0.2) is 9.79 Å². The molecule has 1 aliphatic heterocycles. The number of nitro groups is 1. The predicted octanol–water partition coefficient (Wildman–Crippen LogP) is 4.39.